The molecule has 0 saturated carbocycles. The van der Waals surface area contributed by atoms with Crippen LogP contribution in [0.15, 0.2) is 0 Å². The maximum atomic E-state index is 11.5. The van der Waals surface area contributed by atoms with Crippen molar-refractivity contribution in [2.45, 2.75) is 25.9 Å². The minimum atomic E-state index is -0.403. The molecular formula is C14H26N2O3. The minimum absolute atomic E-state index is 0.253. The summed E-state index contributed by atoms with van der Waals surface area (Å²) in [5.41, 5.74) is 0. The zero-order valence-electron chi connectivity index (χ0n) is 12.1. The van der Waals surface area contributed by atoms with E-state index >= 15 is 0 Å². The lowest BCUT2D eigenvalue weighted by Gasteiger charge is -2.35. The highest BCUT2D eigenvalue weighted by molar-refractivity contribution is 5.74. The predicted molar refractivity (Wildman–Crippen MR) is 73.0 cm³/mol. The van der Waals surface area contributed by atoms with E-state index in [1.54, 1.807) is 0 Å². The Hall–Kier alpha value is -0.650. The quantitative estimate of drug-likeness (QED) is 0.700. The van der Waals surface area contributed by atoms with Crippen LogP contribution in [-0.4, -0.2) is 74.9 Å². The third-order valence-corrected chi connectivity index (χ3v) is 4.22. The topological polar surface area (TPSA) is 42.0 Å². The van der Waals surface area contributed by atoms with Gasteiger partial charge in [-0.25, -0.2) is 4.79 Å². The van der Waals surface area contributed by atoms with Crippen molar-refractivity contribution in [3.8, 4) is 0 Å². The first kappa shape index (κ1) is 14.8. The monoisotopic (exact) mass is 270 g/mol. The van der Waals surface area contributed by atoms with E-state index in [0.29, 0.717) is 13.2 Å². The summed E-state index contributed by atoms with van der Waals surface area (Å²) in [5, 5.41) is 0. The third-order valence-electron chi connectivity index (χ3n) is 4.22. The van der Waals surface area contributed by atoms with Crippen LogP contribution in [0.2, 0.25) is 0 Å². The van der Waals surface area contributed by atoms with Crippen LogP contribution in [0.25, 0.3) is 0 Å². The summed E-state index contributed by atoms with van der Waals surface area (Å²) in [7, 11) is 1.42. The molecule has 2 aliphatic rings. The van der Waals surface area contributed by atoms with Crippen LogP contribution in [0.1, 0.15) is 19.8 Å². The molecule has 0 aromatic carbocycles. The van der Waals surface area contributed by atoms with E-state index in [9.17, 15) is 4.79 Å². The largest absolute Gasteiger partial charge is 0.467 e. The molecule has 0 spiro atoms. The molecule has 2 aliphatic heterocycles. The maximum Gasteiger partial charge on any atom is 0.336 e. The molecule has 2 heterocycles. The number of piperidine rings is 1. The molecule has 5 heteroatoms. The summed E-state index contributed by atoms with van der Waals surface area (Å²) in [6, 6.07) is 0. The Bertz CT molecular complexity index is 290. The van der Waals surface area contributed by atoms with Gasteiger partial charge in [-0.2, -0.15) is 0 Å². The Morgan fingerprint density at radius 3 is 2.58 bits per heavy atom. The van der Waals surface area contributed by atoms with Gasteiger partial charge in [0.2, 0.25) is 0 Å². The van der Waals surface area contributed by atoms with Crippen molar-refractivity contribution in [1.82, 2.24) is 9.80 Å². The number of carbonyl (C=O) groups excluding carboxylic acids is 1. The van der Waals surface area contributed by atoms with E-state index in [-0.39, 0.29) is 5.97 Å². The summed E-state index contributed by atoms with van der Waals surface area (Å²) in [4.78, 5) is 16.3. The Balaban J connectivity index is 1.69. The Morgan fingerprint density at radius 1 is 1.21 bits per heavy atom. The van der Waals surface area contributed by atoms with Crippen molar-refractivity contribution in [2.24, 2.45) is 5.92 Å². The molecule has 19 heavy (non-hydrogen) atoms. The van der Waals surface area contributed by atoms with Crippen molar-refractivity contribution in [3.05, 3.63) is 0 Å². The number of hydrogen-bond acceptors (Lipinski definition) is 5. The molecule has 5 nitrogen and oxygen atoms in total. The average Bonchev–Trinajstić information content (AvgIpc) is 2.46. The van der Waals surface area contributed by atoms with E-state index in [1.165, 1.54) is 33.0 Å². The van der Waals surface area contributed by atoms with Crippen LogP contribution >= 0.6 is 0 Å². The molecule has 0 radical (unpaired) electrons. The molecule has 2 saturated heterocycles. The summed E-state index contributed by atoms with van der Waals surface area (Å²) in [5.74, 6) is 0.625. The van der Waals surface area contributed by atoms with Gasteiger partial charge in [0.1, 0.15) is 0 Å². The van der Waals surface area contributed by atoms with Crippen molar-refractivity contribution < 1.29 is 14.3 Å². The van der Waals surface area contributed by atoms with Gasteiger partial charge in [-0.15, -0.1) is 0 Å². The molecule has 2 fully saturated rings. The van der Waals surface area contributed by atoms with Gasteiger partial charge in [0.25, 0.3) is 0 Å². The van der Waals surface area contributed by atoms with Crippen molar-refractivity contribution in [3.63, 3.8) is 0 Å². The highest BCUT2D eigenvalue weighted by Crippen LogP contribution is 2.16. The second kappa shape index (κ2) is 7.22. The van der Waals surface area contributed by atoms with Crippen LogP contribution in [0.5, 0.6) is 0 Å². The van der Waals surface area contributed by atoms with Crippen molar-refractivity contribution in [2.75, 3.05) is 53.0 Å². The molecule has 0 aromatic rings. The summed E-state index contributed by atoms with van der Waals surface area (Å²) in [6.07, 6.45) is 2.22. The number of ether oxygens (including phenoxy) is 2. The molecule has 2 rings (SSSR count). The molecule has 110 valence electrons. The summed E-state index contributed by atoms with van der Waals surface area (Å²) >= 11 is 0. The smallest absolute Gasteiger partial charge is 0.336 e. The average molecular weight is 270 g/mol. The standard InChI is InChI=1S/C14H26N2O3/c1-12-3-5-15(6-4-12)7-8-16-9-10-19-13(11-16)14(17)18-2/h12-13H,3-11H2,1-2H3/t13-/m0/s1. The highest BCUT2D eigenvalue weighted by atomic mass is 16.6. The first-order chi connectivity index (χ1) is 9.19. The van der Waals surface area contributed by atoms with Gasteiger partial charge in [0.05, 0.1) is 13.7 Å². The number of likely N-dealkylation sites (tertiary alicyclic amines) is 1. The number of methoxy groups -OCH3 is 1. The molecular weight excluding hydrogens is 244 g/mol. The number of rotatable bonds is 4. The fourth-order valence-corrected chi connectivity index (χ4v) is 2.75. The van der Waals surface area contributed by atoms with Gasteiger partial charge in [-0.1, -0.05) is 6.92 Å². The maximum absolute atomic E-state index is 11.5. The van der Waals surface area contributed by atoms with Gasteiger partial charge in [-0.05, 0) is 31.8 Å². The van der Waals surface area contributed by atoms with Crippen LogP contribution in [0.3, 0.4) is 0 Å². The second-order valence-corrected chi connectivity index (χ2v) is 5.71. The zero-order chi connectivity index (χ0) is 13.7. The second-order valence-electron chi connectivity index (χ2n) is 5.71. The lowest BCUT2D eigenvalue weighted by molar-refractivity contribution is -0.159. The van der Waals surface area contributed by atoms with Gasteiger partial charge in [-0.3, -0.25) is 4.90 Å². The Morgan fingerprint density at radius 2 is 1.89 bits per heavy atom. The van der Waals surface area contributed by atoms with Crippen LogP contribution in [0, 0.1) is 5.92 Å². The normalized spacial score (nSPS) is 27.4. The number of esters is 1. The summed E-state index contributed by atoms with van der Waals surface area (Å²) in [6.45, 7) is 9.08. The number of hydrogen-bond donors (Lipinski definition) is 0. The van der Waals surface area contributed by atoms with E-state index in [1.807, 2.05) is 0 Å². The predicted octanol–water partition coefficient (Wildman–Crippen LogP) is 0.592. The molecule has 0 amide bonds. The summed E-state index contributed by atoms with van der Waals surface area (Å²) < 4.78 is 10.2. The van der Waals surface area contributed by atoms with Gasteiger partial charge in [0, 0.05) is 26.2 Å². The lowest BCUT2D eigenvalue weighted by Crippen LogP contribution is -2.49. The van der Waals surface area contributed by atoms with Crippen molar-refractivity contribution in [1.29, 1.82) is 0 Å². The molecule has 1 atom stereocenters. The third kappa shape index (κ3) is 4.44. The van der Waals surface area contributed by atoms with Crippen LogP contribution < -0.4 is 0 Å². The fourth-order valence-electron chi connectivity index (χ4n) is 2.75. The Labute approximate surface area is 115 Å². The van der Waals surface area contributed by atoms with E-state index in [4.69, 9.17) is 9.47 Å². The fraction of sp³-hybridized carbons (Fsp3) is 0.929. The zero-order valence-corrected chi connectivity index (χ0v) is 12.1. The lowest BCUT2D eigenvalue weighted by atomic mass is 9.99. The van der Waals surface area contributed by atoms with Crippen LogP contribution in [0.4, 0.5) is 0 Å². The van der Waals surface area contributed by atoms with Gasteiger partial charge in [0.15, 0.2) is 6.10 Å². The molecule has 0 aliphatic carbocycles. The number of nitrogens with zero attached hydrogens (tertiary/aromatic N) is 2. The highest BCUT2D eigenvalue weighted by Gasteiger charge is 2.27. The number of carbonyl (C=O) groups is 1. The first-order valence-corrected chi connectivity index (χ1v) is 7.33. The van der Waals surface area contributed by atoms with E-state index in [0.717, 1.165) is 25.6 Å². The van der Waals surface area contributed by atoms with Gasteiger partial charge < -0.3 is 14.4 Å². The molecule has 0 aromatic heterocycles. The van der Waals surface area contributed by atoms with Crippen molar-refractivity contribution >= 4 is 5.97 Å². The number of morpholine rings is 1. The molecule has 0 bridgehead atoms. The van der Waals surface area contributed by atoms with E-state index < -0.39 is 6.10 Å². The van der Waals surface area contributed by atoms with E-state index in [2.05, 4.69) is 16.7 Å². The Kier molecular flexibility index (Phi) is 5.60. The first-order valence-electron chi connectivity index (χ1n) is 7.33. The minimum Gasteiger partial charge on any atom is -0.467 e. The van der Waals surface area contributed by atoms with Crippen LogP contribution in [-0.2, 0) is 14.3 Å². The molecule has 0 unspecified atom stereocenters. The molecule has 0 N–H and O–H groups in total. The SMILES string of the molecule is COC(=O)[C@@H]1CN(CCN2CCC(C)CC2)CCO1. The van der Waals surface area contributed by atoms with Gasteiger partial charge >= 0.3 is 5.97 Å².